The Morgan fingerprint density at radius 3 is 2.43 bits per heavy atom. The van der Waals surface area contributed by atoms with Crippen LogP contribution in [0, 0.1) is 18.8 Å². The highest BCUT2D eigenvalue weighted by Crippen LogP contribution is 2.40. The summed E-state index contributed by atoms with van der Waals surface area (Å²) in [5.74, 6) is 1.10. The summed E-state index contributed by atoms with van der Waals surface area (Å²) >= 11 is 0. The lowest BCUT2D eigenvalue weighted by Crippen LogP contribution is -2.53. The van der Waals surface area contributed by atoms with Crippen molar-refractivity contribution in [3.8, 4) is 0 Å². The van der Waals surface area contributed by atoms with Gasteiger partial charge in [0.25, 0.3) is 5.91 Å². The van der Waals surface area contributed by atoms with Gasteiger partial charge in [0.1, 0.15) is 0 Å². The van der Waals surface area contributed by atoms with E-state index in [4.69, 9.17) is 5.73 Å². The molecule has 0 radical (unpaired) electrons. The number of nitrogens with zero attached hydrogens (tertiary/aromatic N) is 1. The van der Waals surface area contributed by atoms with Crippen LogP contribution in [0.1, 0.15) is 54.4 Å². The number of nitrogens with two attached hydrogens (primary N) is 1. The van der Waals surface area contributed by atoms with Crippen molar-refractivity contribution in [2.75, 3.05) is 16.6 Å². The Morgan fingerprint density at radius 1 is 1.18 bits per heavy atom. The van der Waals surface area contributed by atoms with Gasteiger partial charge in [-0.3, -0.25) is 9.10 Å². The molecule has 0 aromatic heterocycles. The number of benzene rings is 1. The van der Waals surface area contributed by atoms with Crippen LogP contribution in [0.5, 0.6) is 0 Å². The van der Waals surface area contributed by atoms with Crippen molar-refractivity contribution in [2.24, 2.45) is 17.6 Å². The Labute approximate surface area is 173 Å². The lowest BCUT2D eigenvalue weighted by Gasteiger charge is -2.45. The van der Waals surface area contributed by atoms with Crippen molar-refractivity contribution in [3.63, 3.8) is 0 Å². The van der Waals surface area contributed by atoms with Gasteiger partial charge >= 0.3 is 0 Å². The molecule has 1 heterocycles. The van der Waals surface area contributed by atoms with E-state index in [9.17, 15) is 13.2 Å². The predicted molar refractivity (Wildman–Crippen MR) is 113 cm³/mol. The van der Waals surface area contributed by atoms with Crippen LogP contribution >= 0.6 is 12.4 Å². The van der Waals surface area contributed by atoms with Crippen molar-refractivity contribution in [2.45, 2.75) is 57.5 Å². The minimum atomic E-state index is -3.21. The molecule has 3 aliphatic rings. The average molecular weight is 428 g/mol. The minimum Gasteiger partial charge on any atom is -0.349 e. The zero-order valence-electron chi connectivity index (χ0n) is 16.3. The molecule has 1 aromatic carbocycles. The Balaban J connectivity index is 0.00000225. The molecule has 1 aliphatic heterocycles. The Bertz CT molecular complexity index is 831. The normalized spacial score (nSPS) is 31.1. The van der Waals surface area contributed by atoms with E-state index in [1.54, 1.807) is 12.1 Å². The van der Waals surface area contributed by atoms with Crippen LogP contribution in [0.15, 0.2) is 18.2 Å². The van der Waals surface area contributed by atoms with Crippen LogP contribution < -0.4 is 15.4 Å². The van der Waals surface area contributed by atoms with Crippen LogP contribution in [0.2, 0.25) is 0 Å². The highest BCUT2D eigenvalue weighted by atomic mass is 35.5. The third kappa shape index (κ3) is 4.02. The first kappa shape index (κ1) is 21.4. The molecule has 1 amide bonds. The van der Waals surface area contributed by atoms with E-state index < -0.39 is 10.0 Å². The van der Waals surface area contributed by atoms with Crippen LogP contribution in [0.25, 0.3) is 0 Å². The third-order valence-corrected chi connectivity index (χ3v) is 8.39. The van der Waals surface area contributed by atoms with E-state index >= 15 is 0 Å². The zero-order valence-corrected chi connectivity index (χ0v) is 17.9. The molecule has 1 aromatic rings. The van der Waals surface area contributed by atoms with Crippen molar-refractivity contribution in [1.29, 1.82) is 0 Å². The zero-order chi connectivity index (χ0) is 19.2. The highest BCUT2D eigenvalue weighted by Gasteiger charge is 2.40. The minimum absolute atomic E-state index is 0. The molecule has 2 unspecified atom stereocenters. The fourth-order valence-electron chi connectivity index (χ4n) is 5.24. The second kappa shape index (κ2) is 8.20. The number of amides is 1. The Hall–Kier alpha value is -1.31. The molecule has 2 bridgehead atoms. The SMILES string of the molecule is Cc1cc(N2CCCS2(=O)=O)ccc1C(=O)NC1C2CCCC1CC(N)C2.Cl. The monoisotopic (exact) mass is 427 g/mol. The summed E-state index contributed by atoms with van der Waals surface area (Å²) in [5, 5.41) is 3.28. The number of carbonyl (C=O) groups is 1. The first-order valence-electron chi connectivity index (χ1n) is 10.0. The van der Waals surface area contributed by atoms with Crippen molar-refractivity contribution >= 4 is 34.0 Å². The molecule has 6 nitrogen and oxygen atoms in total. The molecule has 1 saturated heterocycles. The quantitative estimate of drug-likeness (QED) is 0.775. The second-order valence-corrected chi connectivity index (χ2v) is 10.4. The van der Waals surface area contributed by atoms with Gasteiger partial charge in [0.05, 0.1) is 11.4 Å². The highest BCUT2D eigenvalue weighted by molar-refractivity contribution is 7.93. The predicted octanol–water partition coefficient (Wildman–Crippen LogP) is 2.59. The number of aryl methyl sites for hydroxylation is 1. The maximum absolute atomic E-state index is 12.9. The summed E-state index contributed by atoms with van der Waals surface area (Å²) in [7, 11) is -3.21. The number of rotatable bonds is 3. The van der Waals surface area contributed by atoms with Crippen LogP contribution in [0.3, 0.4) is 0 Å². The van der Waals surface area contributed by atoms with E-state index in [2.05, 4.69) is 5.32 Å². The van der Waals surface area contributed by atoms with E-state index in [0.29, 0.717) is 36.1 Å². The smallest absolute Gasteiger partial charge is 0.251 e. The van der Waals surface area contributed by atoms with Gasteiger partial charge in [-0.25, -0.2) is 8.42 Å². The average Bonchev–Trinajstić information content (AvgIpc) is 2.94. The Kier molecular flexibility index (Phi) is 6.27. The van der Waals surface area contributed by atoms with E-state index in [1.807, 2.05) is 13.0 Å². The van der Waals surface area contributed by atoms with Crippen molar-refractivity contribution in [3.05, 3.63) is 29.3 Å². The topological polar surface area (TPSA) is 92.5 Å². The summed E-state index contributed by atoms with van der Waals surface area (Å²) in [6, 6.07) is 5.80. The standard InChI is InChI=1S/C20H29N3O3S.ClH/c1-13-10-17(23-8-3-9-27(23,25)26)6-7-18(13)20(24)22-19-14-4-2-5-15(19)12-16(21)11-14;/h6-7,10,14-16,19H,2-5,8-9,11-12,21H2,1H3,(H,22,24);1H. The lowest BCUT2D eigenvalue weighted by atomic mass is 9.67. The number of sulfonamides is 1. The van der Waals surface area contributed by atoms with Gasteiger partial charge in [0, 0.05) is 24.2 Å². The number of nitrogens with one attached hydrogen (secondary N) is 1. The summed E-state index contributed by atoms with van der Waals surface area (Å²) in [5.41, 5.74) is 8.28. The summed E-state index contributed by atoms with van der Waals surface area (Å²) in [4.78, 5) is 12.9. The first-order valence-corrected chi connectivity index (χ1v) is 11.6. The molecule has 4 rings (SSSR count). The van der Waals surface area contributed by atoms with Gasteiger partial charge in [-0.05, 0) is 74.6 Å². The molecular weight excluding hydrogens is 398 g/mol. The van der Waals surface area contributed by atoms with Gasteiger partial charge in [-0.15, -0.1) is 12.4 Å². The molecule has 2 atom stereocenters. The summed E-state index contributed by atoms with van der Waals surface area (Å²) in [6.07, 6.45) is 6.14. The number of halogens is 1. The third-order valence-electron chi connectivity index (χ3n) is 6.52. The summed E-state index contributed by atoms with van der Waals surface area (Å²) < 4.78 is 25.7. The molecular formula is C20H30ClN3O3S. The number of fused-ring (bicyclic) bond motifs is 2. The van der Waals surface area contributed by atoms with Gasteiger partial charge in [0.2, 0.25) is 10.0 Å². The van der Waals surface area contributed by atoms with Gasteiger partial charge in [0.15, 0.2) is 0 Å². The van der Waals surface area contributed by atoms with E-state index in [-0.39, 0.29) is 36.2 Å². The van der Waals surface area contributed by atoms with Gasteiger partial charge in [-0.1, -0.05) is 6.42 Å². The van der Waals surface area contributed by atoms with E-state index in [0.717, 1.165) is 31.2 Å². The molecule has 2 aliphatic carbocycles. The largest absolute Gasteiger partial charge is 0.349 e. The molecule has 2 saturated carbocycles. The number of hydrogen-bond acceptors (Lipinski definition) is 4. The maximum atomic E-state index is 12.9. The lowest BCUT2D eigenvalue weighted by molar-refractivity contribution is 0.0755. The van der Waals surface area contributed by atoms with Crippen LogP contribution in [0.4, 0.5) is 5.69 Å². The fraction of sp³-hybridized carbons (Fsp3) is 0.650. The number of carbonyl (C=O) groups excluding carboxylic acids is 1. The molecule has 0 spiro atoms. The summed E-state index contributed by atoms with van der Waals surface area (Å²) in [6.45, 7) is 2.39. The van der Waals surface area contributed by atoms with Crippen molar-refractivity contribution in [1.82, 2.24) is 5.32 Å². The fourth-order valence-corrected chi connectivity index (χ4v) is 6.80. The molecule has 3 N–H and O–H groups in total. The molecule has 3 fully saturated rings. The van der Waals surface area contributed by atoms with Gasteiger partial charge < -0.3 is 11.1 Å². The first-order chi connectivity index (χ1) is 12.8. The molecule has 8 heteroatoms. The van der Waals surface area contributed by atoms with Crippen LogP contribution in [-0.4, -0.2) is 38.7 Å². The number of anilines is 1. The van der Waals surface area contributed by atoms with Crippen molar-refractivity contribution < 1.29 is 13.2 Å². The van der Waals surface area contributed by atoms with Gasteiger partial charge in [-0.2, -0.15) is 0 Å². The molecule has 156 valence electrons. The van der Waals surface area contributed by atoms with E-state index in [1.165, 1.54) is 10.7 Å². The maximum Gasteiger partial charge on any atom is 0.251 e. The Morgan fingerprint density at radius 2 is 1.86 bits per heavy atom. The number of hydrogen-bond donors (Lipinski definition) is 2. The van der Waals surface area contributed by atoms with Crippen LogP contribution in [-0.2, 0) is 10.0 Å². The second-order valence-electron chi connectivity index (χ2n) is 8.42. The molecule has 28 heavy (non-hydrogen) atoms.